The molecule has 2 heterocycles. The number of amides is 1. The van der Waals surface area contributed by atoms with Gasteiger partial charge in [-0.25, -0.2) is 0 Å². The van der Waals surface area contributed by atoms with E-state index in [0.717, 1.165) is 38.2 Å². The Balaban J connectivity index is 0.00000196. The highest BCUT2D eigenvalue weighted by Crippen LogP contribution is 2.20. The minimum atomic E-state index is -0.762. The highest BCUT2D eigenvalue weighted by atomic mass is 35.5. The van der Waals surface area contributed by atoms with Crippen LogP contribution in [-0.2, 0) is 9.53 Å². The van der Waals surface area contributed by atoms with Gasteiger partial charge in [0.1, 0.15) is 12.4 Å². The number of benzene rings is 1. The number of ether oxygens (including phenoxy) is 2. The monoisotopic (exact) mass is 453 g/mol. The van der Waals surface area contributed by atoms with Crippen molar-refractivity contribution >= 4 is 42.3 Å². The summed E-state index contributed by atoms with van der Waals surface area (Å²) in [7, 11) is 0. The molecule has 1 amide bonds. The molecule has 0 aliphatic carbocycles. The number of carbonyl (C=O) groups is 1. The highest BCUT2D eigenvalue weighted by Gasteiger charge is 2.37. The molecule has 0 unspecified atom stereocenters. The Kier molecular flexibility index (Phi) is 10.9. The van der Waals surface area contributed by atoms with Gasteiger partial charge < -0.3 is 20.5 Å². The first-order chi connectivity index (χ1) is 12.5. The number of hydrogen-bond donors (Lipinski definition) is 2. The van der Waals surface area contributed by atoms with Crippen molar-refractivity contribution in [1.29, 1.82) is 0 Å². The van der Waals surface area contributed by atoms with Crippen LogP contribution in [0.15, 0.2) is 24.3 Å². The normalized spacial score (nSPS) is 19.8. The lowest BCUT2D eigenvalue weighted by atomic mass is 9.89. The highest BCUT2D eigenvalue weighted by molar-refractivity contribution is 6.30. The number of likely N-dealkylation sites (tertiary alicyclic amines) is 1. The van der Waals surface area contributed by atoms with Crippen molar-refractivity contribution in [2.45, 2.75) is 37.3 Å². The number of hydrogen-bond acceptors (Lipinski definition) is 5. The molecule has 0 radical (unpaired) electrons. The van der Waals surface area contributed by atoms with Crippen LogP contribution in [-0.4, -0.2) is 61.8 Å². The molecule has 0 aromatic heterocycles. The fourth-order valence-electron chi connectivity index (χ4n) is 3.42. The first-order valence-electron chi connectivity index (χ1n) is 9.33. The van der Waals surface area contributed by atoms with E-state index in [0.29, 0.717) is 37.7 Å². The molecule has 1 aromatic rings. The van der Waals surface area contributed by atoms with Crippen LogP contribution in [0.4, 0.5) is 0 Å². The Labute approximate surface area is 184 Å². The summed E-state index contributed by atoms with van der Waals surface area (Å²) in [5, 5.41) is 3.86. The third-order valence-corrected chi connectivity index (χ3v) is 5.50. The van der Waals surface area contributed by atoms with E-state index in [1.165, 1.54) is 0 Å². The van der Waals surface area contributed by atoms with E-state index >= 15 is 0 Å². The summed E-state index contributed by atoms with van der Waals surface area (Å²) >= 11 is 5.87. The van der Waals surface area contributed by atoms with Crippen molar-refractivity contribution < 1.29 is 14.3 Å². The third kappa shape index (κ3) is 7.25. The summed E-state index contributed by atoms with van der Waals surface area (Å²) in [5.41, 5.74) is 5.49. The molecule has 2 aliphatic heterocycles. The molecule has 0 atom stereocenters. The van der Waals surface area contributed by atoms with Gasteiger partial charge in [0.25, 0.3) is 0 Å². The number of carbonyl (C=O) groups excluding carboxylic acids is 1. The van der Waals surface area contributed by atoms with Gasteiger partial charge in [0.05, 0.1) is 5.54 Å². The quantitative estimate of drug-likeness (QED) is 0.691. The molecule has 9 heteroatoms. The van der Waals surface area contributed by atoms with Gasteiger partial charge in [0.15, 0.2) is 0 Å². The topological polar surface area (TPSA) is 76.8 Å². The molecular formula is C19H30Cl3N3O3. The Bertz CT molecular complexity index is 590. The minimum Gasteiger partial charge on any atom is -0.492 e. The number of rotatable bonds is 6. The molecule has 0 bridgehead atoms. The maximum atomic E-state index is 12.5. The zero-order valence-electron chi connectivity index (χ0n) is 15.9. The van der Waals surface area contributed by atoms with Crippen LogP contribution in [0.5, 0.6) is 5.75 Å². The van der Waals surface area contributed by atoms with E-state index in [4.69, 9.17) is 26.8 Å². The lowest BCUT2D eigenvalue weighted by Gasteiger charge is -2.36. The Morgan fingerprint density at radius 2 is 1.82 bits per heavy atom. The summed E-state index contributed by atoms with van der Waals surface area (Å²) in [4.78, 5) is 14.9. The van der Waals surface area contributed by atoms with Crippen LogP contribution in [0.3, 0.4) is 0 Å². The van der Waals surface area contributed by atoms with E-state index in [-0.39, 0.29) is 36.8 Å². The Morgan fingerprint density at radius 1 is 1.21 bits per heavy atom. The largest absolute Gasteiger partial charge is 0.492 e. The maximum Gasteiger partial charge on any atom is 0.240 e. The van der Waals surface area contributed by atoms with Gasteiger partial charge in [0.2, 0.25) is 5.91 Å². The number of nitrogens with zero attached hydrogens (tertiary/aromatic N) is 1. The summed E-state index contributed by atoms with van der Waals surface area (Å²) in [6.45, 7) is 4.56. The van der Waals surface area contributed by atoms with E-state index in [1.54, 1.807) is 0 Å². The number of halogens is 3. The maximum absolute atomic E-state index is 12.5. The average Bonchev–Trinajstić information content (AvgIpc) is 2.65. The van der Waals surface area contributed by atoms with Crippen LogP contribution in [0.1, 0.15) is 25.7 Å². The van der Waals surface area contributed by atoms with Gasteiger partial charge in [-0.15, -0.1) is 24.8 Å². The third-order valence-electron chi connectivity index (χ3n) is 5.25. The predicted molar refractivity (Wildman–Crippen MR) is 116 cm³/mol. The second-order valence-electron chi connectivity index (χ2n) is 7.16. The van der Waals surface area contributed by atoms with Crippen molar-refractivity contribution in [3.63, 3.8) is 0 Å². The molecule has 28 heavy (non-hydrogen) atoms. The first kappa shape index (κ1) is 25.3. The molecule has 0 saturated carbocycles. The first-order valence-corrected chi connectivity index (χ1v) is 9.71. The molecule has 2 saturated heterocycles. The van der Waals surface area contributed by atoms with Crippen molar-refractivity contribution in [3.05, 3.63) is 29.3 Å². The summed E-state index contributed by atoms with van der Waals surface area (Å²) in [6.07, 6.45) is 3.08. The fraction of sp³-hybridized carbons (Fsp3) is 0.632. The van der Waals surface area contributed by atoms with E-state index < -0.39 is 5.54 Å². The van der Waals surface area contributed by atoms with E-state index in [9.17, 15) is 4.79 Å². The smallest absolute Gasteiger partial charge is 0.240 e. The van der Waals surface area contributed by atoms with Crippen molar-refractivity contribution in [2.24, 2.45) is 5.73 Å². The number of piperidine rings is 1. The second-order valence-corrected chi connectivity index (χ2v) is 7.60. The molecule has 2 fully saturated rings. The van der Waals surface area contributed by atoms with Crippen LogP contribution in [0.25, 0.3) is 0 Å². The average molecular weight is 455 g/mol. The number of nitrogens with two attached hydrogens (primary N) is 1. The Hall–Kier alpha value is -0.760. The molecule has 160 valence electrons. The summed E-state index contributed by atoms with van der Waals surface area (Å²) in [5.74, 6) is 0.812. The SMILES string of the molecule is Cl.Cl.NC1(C(=O)NC2CCN(CCOc3ccc(Cl)cc3)CC2)CCOCC1. The van der Waals surface area contributed by atoms with Gasteiger partial charge in [0, 0.05) is 43.9 Å². The van der Waals surface area contributed by atoms with Gasteiger partial charge in [-0.2, -0.15) is 0 Å². The van der Waals surface area contributed by atoms with Crippen LogP contribution >= 0.6 is 36.4 Å². The zero-order chi connectivity index (χ0) is 18.4. The number of nitrogens with one attached hydrogen (secondary N) is 1. The minimum absolute atomic E-state index is 0. The molecule has 3 N–H and O–H groups in total. The van der Waals surface area contributed by atoms with E-state index in [1.807, 2.05) is 24.3 Å². The molecule has 2 aliphatic rings. The molecule has 3 rings (SSSR count). The lowest BCUT2D eigenvalue weighted by molar-refractivity contribution is -0.130. The molecular weight excluding hydrogens is 425 g/mol. The van der Waals surface area contributed by atoms with Gasteiger partial charge in [-0.05, 0) is 49.9 Å². The van der Waals surface area contributed by atoms with Crippen molar-refractivity contribution in [2.75, 3.05) is 39.5 Å². The zero-order valence-corrected chi connectivity index (χ0v) is 18.3. The predicted octanol–water partition coefficient (Wildman–Crippen LogP) is 2.65. The second kappa shape index (κ2) is 12.1. The van der Waals surface area contributed by atoms with Gasteiger partial charge in [-0.1, -0.05) is 11.6 Å². The molecule has 1 aromatic carbocycles. The van der Waals surface area contributed by atoms with Crippen LogP contribution < -0.4 is 15.8 Å². The summed E-state index contributed by atoms with van der Waals surface area (Å²) in [6, 6.07) is 7.62. The standard InChI is InChI=1S/C19H28ClN3O3.2ClH/c20-15-1-3-17(4-2-15)26-14-11-23-9-5-16(6-10-23)22-18(24)19(21)7-12-25-13-8-19;;/h1-4,16H,5-14,21H2,(H,22,24);2*1H. The van der Waals surface area contributed by atoms with Crippen molar-refractivity contribution in [3.8, 4) is 5.75 Å². The van der Waals surface area contributed by atoms with Crippen molar-refractivity contribution in [1.82, 2.24) is 10.2 Å². The lowest BCUT2D eigenvalue weighted by Crippen LogP contribution is -2.59. The van der Waals surface area contributed by atoms with Gasteiger partial charge in [-0.3, -0.25) is 9.69 Å². The molecule has 6 nitrogen and oxygen atoms in total. The van der Waals surface area contributed by atoms with E-state index in [2.05, 4.69) is 10.2 Å². The summed E-state index contributed by atoms with van der Waals surface area (Å²) < 4.78 is 11.1. The Morgan fingerprint density at radius 3 is 2.43 bits per heavy atom. The fourth-order valence-corrected chi connectivity index (χ4v) is 3.54. The van der Waals surface area contributed by atoms with Crippen LogP contribution in [0.2, 0.25) is 5.02 Å². The van der Waals surface area contributed by atoms with Gasteiger partial charge >= 0.3 is 0 Å². The van der Waals surface area contributed by atoms with Crippen LogP contribution in [0, 0.1) is 0 Å². The molecule has 0 spiro atoms.